The molecule has 0 heterocycles. The first kappa shape index (κ1) is 13.6. The van der Waals surface area contributed by atoms with Crippen molar-refractivity contribution in [3.05, 3.63) is 28.8 Å². The summed E-state index contributed by atoms with van der Waals surface area (Å²) in [6, 6.07) is 5.21. The number of ether oxygens (including phenoxy) is 1. The number of benzene rings is 1. The first-order valence-corrected chi connectivity index (χ1v) is 5.58. The molecule has 5 heteroatoms. The molecule has 1 N–H and O–H groups in total. The highest BCUT2D eigenvalue weighted by atomic mass is 32.1. The molecule has 90 valence electrons. The molecular weight excluding hydrogens is 238 g/mol. The number of nitrogens with zero attached hydrogens (tertiary/aromatic N) is 1. The molecule has 0 radical (unpaired) electrons. The van der Waals surface area contributed by atoms with Gasteiger partial charge in [-0.1, -0.05) is 6.07 Å². The molecule has 1 aromatic carbocycles. The van der Waals surface area contributed by atoms with Gasteiger partial charge >= 0.3 is 5.97 Å². The number of hydrogen-bond donors (Lipinski definition) is 2. The average molecular weight is 251 g/mol. The molecule has 4 nitrogen and oxygen atoms in total. The summed E-state index contributed by atoms with van der Waals surface area (Å²) in [6.45, 7) is 1.83. The Morgan fingerprint density at radius 1 is 1.59 bits per heavy atom. The van der Waals surface area contributed by atoms with Crippen molar-refractivity contribution in [2.24, 2.45) is 0 Å². The van der Waals surface area contributed by atoms with E-state index in [0.717, 1.165) is 0 Å². The Morgan fingerprint density at radius 2 is 2.29 bits per heavy atom. The number of hydrogen-bond acceptors (Lipinski definition) is 5. The molecule has 0 aliphatic carbocycles. The normalized spacial score (nSPS) is 9.76. The van der Waals surface area contributed by atoms with Crippen LogP contribution in [0.25, 0.3) is 0 Å². The van der Waals surface area contributed by atoms with Gasteiger partial charge in [0.1, 0.15) is 6.07 Å². The van der Waals surface area contributed by atoms with Crippen molar-refractivity contribution in [2.75, 3.05) is 6.61 Å². The van der Waals surface area contributed by atoms with Crippen molar-refractivity contribution in [1.82, 2.24) is 0 Å². The second-order valence-corrected chi connectivity index (χ2v) is 3.85. The van der Waals surface area contributed by atoms with Crippen LogP contribution in [-0.2, 0) is 22.6 Å². The molecule has 0 aliphatic rings. The molecular formula is C12H13NO3S. The van der Waals surface area contributed by atoms with E-state index in [1.54, 1.807) is 19.1 Å². The molecule has 0 unspecified atom stereocenters. The zero-order valence-corrected chi connectivity index (χ0v) is 10.3. The van der Waals surface area contributed by atoms with Crippen molar-refractivity contribution < 1.29 is 14.6 Å². The molecule has 0 saturated carbocycles. The predicted molar refractivity (Wildman–Crippen MR) is 64.7 cm³/mol. The zero-order valence-electron chi connectivity index (χ0n) is 9.43. The molecule has 17 heavy (non-hydrogen) atoms. The van der Waals surface area contributed by atoms with E-state index in [0.29, 0.717) is 28.2 Å². The van der Waals surface area contributed by atoms with Crippen molar-refractivity contribution in [2.45, 2.75) is 24.8 Å². The minimum atomic E-state index is -0.354. The lowest BCUT2D eigenvalue weighted by Crippen LogP contribution is -2.08. The van der Waals surface area contributed by atoms with Gasteiger partial charge < -0.3 is 9.84 Å². The fourth-order valence-electron chi connectivity index (χ4n) is 1.45. The summed E-state index contributed by atoms with van der Waals surface area (Å²) >= 11 is 4.15. The van der Waals surface area contributed by atoms with Crippen LogP contribution >= 0.6 is 12.6 Å². The molecule has 0 aromatic heterocycles. The van der Waals surface area contributed by atoms with Crippen LogP contribution < -0.4 is 0 Å². The Balaban J connectivity index is 3.02. The smallest absolute Gasteiger partial charge is 0.310 e. The number of thiol groups is 1. The van der Waals surface area contributed by atoms with Crippen molar-refractivity contribution in [3.8, 4) is 6.07 Å². The maximum Gasteiger partial charge on any atom is 0.310 e. The summed E-state index contributed by atoms with van der Waals surface area (Å²) in [6.07, 6.45) is 0.0869. The van der Waals surface area contributed by atoms with Gasteiger partial charge in [0.15, 0.2) is 0 Å². The summed E-state index contributed by atoms with van der Waals surface area (Å²) in [5.74, 6) is -0.354. The Morgan fingerprint density at radius 3 is 2.82 bits per heavy atom. The minimum Gasteiger partial charge on any atom is -0.466 e. The van der Waals surface area contributed by atoms with Crippen LogP contribution in [0, 0.1) is 11.3 Å². The summed E-state index contributed by atoms with van der Waals surface area (Å²) < 4.78 is 4.82. The maximum atomic E-state index is 11.3. The number of carbonyl (C=O) groups is 1. The molecule has 0 spiro atoms. The highest BCUT2D eigenvalue weighted by Gasteiger charge is 2.10. The number of esters is 1. The van der Waals surface area contributed by atoms with Crippen LogP contribution in [-0.4, -0.2) is 17.7 Å². The van der Waals surface area contributed by atoms with E-state index in [4.69, 9.17) is 15.1 Å². The van der Waals surface area contributed by atoms with E-state index in [9.17, 15) is 4.79 Å². The molecule has 1 aromatic rings. The first-order valence-electron chi connectivity index (χ1n) is 5.13. The third-order valence-electron chi connectivity index (χ3n) is 2.19. The molecule has 0 atom stereocenters. The Kier molecular flexibility index (Phi) is 5.01. The van der Waals surface area contributed by atoms with E-state index in [-0.39, 0.29) is 19.0 Å². The lowest BCUT2D eigenvalue weighted by Gasteiger charge is -2.08. The minimum absolute atomic E-state index is 0.0869. The third kappa shape index (κ3) is 3.48. The third-order valence-corrected chi connectivity index (χ3v) is 2.72. The molecule has 0 fully saturated rings. The predicted octanol–water partition coefficient (Wildman–Crippen LogP) is 1.44. The topological polar surface area (TPSA) is 70.3 Å². The maximum absolute atomic E-state index is 11.3. The van der Waals surface area contributed by atoms with Gasteiger partial charge in [0.05, 0.1) is 25.2 Å². The standard InChI is InChI=1S/C12H13NO3S/c1-2-16-11(15)5-8-3-9(6-13)12(17)10(4-8)7-14/h3-4,14,17H,2,5,7H2,1H3. The Labute approximate surface area is 105 Å². The molecule has 1 rings (SSSR count). The van der Waals surface area contributed by atoms with E-state index in [2.05, 4.69) is 12.6 Å². The Hall–Kier alpha value is -1.51. The fourth-order valence-corrected chi connectivity index (χ4v) is 1.70. The second-order valence-electron chi connectivity index (χ2n) is 3.40. The van der Waals surface area contributed by atoms with Crippen molar-refractivity contribution in [3.63, 3.8) is 0 Å². The highest BCUT2D eigenvalue weighted by Crippen LogP contribution is 2.21. The Bertz CT molecular complexity index is 466. The zero-order chi connectivity index (χ0) is 12.8. The number of rotatable bonds is 4. The number of aliphatic hydroxyl groups excluding tert-OH is 1. The van der Waals surface area contributed by atoms with Gasteiger partial charge in [0.25, 0.3) is 0 Å². The summed E-state index contributed by atoms with van der Waals surface area (Å²) in [5, 5.41) is 18.0. The van der Waals surface area contributed by atoms with E-state index in [1.807, 2.05) is 6.07 Å². The average Bonchev–Trinajstić information content (AvgIpc) is 2.31. The lowest BCUT2D eigenvalue weighted by atomic mass is 10.0. The van der Waals surface area contributed by atoms with Gasteiger partial charge in [0.2, 0.25) is 0 Å². The fraction of sp³-hybridized carbons (Fsp3) is 0.333. The molecule has 0 bridgehead atoms. The van der Waals surface area contributed by atoms with Crippen LogP contribution in [0.5, 0.6) is 0 Å². The van der Waals surface area contributed by atoms with Crippen molar-refractivity contribution >= 4 is 18.6 Å². The summed E-state index contributed by atoms with van der Waals surface area (Å²) in [4.78, 5) is 11.8. The van der Waals surface area contributed by atoms with E-state index in [1.165, 1.54) is 0 Å². The van der Waals surface area contributed by atoms with Gasteiger partial charge in [-0.2, -0.15) is 5.26 Å². The second kappa shape index (κ2) is 6.28. The largest absolute Gasteiger partial charge is 0.466 e. The van der Waals surface area contributed by atoms with Crippen molar-refractivity contribution in [1.29, 1.82) is 5.26 Å². The van der Waals surface area contributed by atoms with Gasteiger partial charge in [0, 0.05) is 4.90 Å². The van der Waals surface area contributed by atoms with Gasteiger partial charge in [-0.25, -0.2) is 0 Å². The van der Waals surface area contributed by atoms with Crippen LogP contribution in [0.4, 0.5) is 0 Å². The monoisotopic (exact) mass is 251 g/mol. The first-order chi connectivity index (χ1) is 8.12. The number of carbonyl (C=O) groups excluding carboxylic acids is 1. The van der Waals surface area contributed by atoms with E-state index >= 15 is 0 Å². The van der Waals surface area contributed by atoms with Crippen LogP contribution in [0.2, 0.25) is 0 Å². The summed E-state index contributed by atoms with van der Waals surface area (Å²) in [5.41, 5.74) is 1.52. The van der Waals surface area contributed by atoms with E-state index < -0.39 is 0 Å². The van der Waals surface area contributed by atoms with Crippen LogP contribution in [0.3, 0.4) is 0 Å². The SMILES string of the molecule is CCOC(=O)Cc1cc(C#N)c(S)c(CO)c1. The van der Waals surface area contributed by atoms with Crippen LogP contribution in [0.15, 0.2) is 17.0 Å². The molecule has 0 amide bonds. The molecule has 0 saturated heterocycles. The van der Waals surface area contributed by atoms with Gasteiger partial charge in [-0.05, 0) is 24.1 Å². The highest BCUT2D eigenvalue weighted by molar-refractivity contribution is 7.80. The molecule has 0 aliphatic heterocycles. The number of aliphatic hydroxyl groups is 1. The lowest BCUT2D eigenvalue weighted by molar-refractivity contribution is -0.142. The quantitative estimate of drug-likeness (QED) is 0.627. The summed E-state index contributed by atoms with van der Waals surface area (Å²) in [7, 11) is 0. The van der Waals surface area contributed by atoms with Crippen LogP contribution in [0.1, 0.15) is 23.6 Å². The van der Waals surface area contributed by atoms with Gasteiger partial charge in [-0.3, -0.25) is 4.79 Å². The van der Waals surface area contributed by atoms with Gasteiger partial charge in [-0.15, -0.1) is 12.6 Å². The number of nitriles is 1.